The van der Waals surface area contributed by atoms with Crippen molar-refractivity contribution in [2.24, 2.45) is 0 Å². The van der Waals surface area contributed by atoms with Gasteiger partial charge < -0.3 is 0 Å². The molecule has 0 bridgehead atoms. The lowest BCUT2D eigenvalue weighted by molar-refractivity contribution is 0.0915. The third-order valence-corrected chi connectivity index (χ3v) is 1.83. The summed E-state index contributed by atoms with van der Waals surface area (Å²) in [5, 5.41) is 2.64. The topological polar surface area (TPSA) is 41.6 Å². The van der Waals surface area contributed by atoms with E-state index < -0.39 is 11.1 Å². The van der Waals surface area contributed by atoms with Gasteiger partial charge in [-0.2, -0.15) is 13.9 Å². The SMILES string of the molecule is FC(F)(Cl)c1[nH]nc2ccncc12. The van der Waals surface area contributed by atoms with Crippen LogP contribution in [-0.2, 0) is 5.38 Å². The second-order valence-corrected chi connectivity index (χ2v) is 2.96. The molecule has 1 N–H and O–H groups in total. The minimum atomic E-state index is -3.43. The predicted molar refractivity (Wildman–Crippen MR) is 43.6 cm³/mol. The molecule has 0 unspecified atom stereocenters. The lowest BCUT2D eigenvalue weighted by Crippen LogP contribution is -2.04. The van der Waals surface area contributed by atoms with Crippen LogP contribution in [0.1, 0.15) is 5.69 Å². The van der Waals surface area contributed by atoms with Gasteiger partial charge in [0.25, 0.3) is 0 Å². The van der Waals surface area contributed by atoms with Crippen LogP contribution in [0.4, 0.5) is 8.78 Å². The number of aromatic nitrogens is 3. The normalized spacial score (nSPS) is 12.2. The van der Waals surface area contributed by atoms with E-state index in [4.69, 9.17) is 11.6 Å². The van der Waals surface area contributed by atoms with Gasteiger partial charge in [0.1, 0.15) is 5.69 Å². The molecule has 2 aromatic heterocycles. The number of alkyl halides is 3. The molecule has 68 valence electrons. The number of hydrogen-bond acceptors (Lipinski definition) is 2. The van der Waals surface area contributed by atoms with Gasteiger partial charge in [0, 0.05) is 17.8 Å². The number of halogens is 3. The number of nitrogens with zero attached hydrogens (tertiary/aromatic N) is 2. The van der Waals surface area contributed by atoms with Crippen LogP contribution in [0.25, 0.3) is 10.9 Å². The molecule has 0 saturated carbocycles. The van der Waals surface area contributed by atoms with E-state index in [0.29, 0.717) is 5.52 Å². The fourth-order valence-corrected chi connectivity index (χ4v) is 1.21. The summed E-state index contributed by atoms with van der Waals surface area (Å²) in [6.07, 6.45) is 2.77. The van der Waals surface area contributed by atoms with Gasteiger partial charge in [0.2, 0.25) is 0 Å². The van der Waals surface area contributed by atoms with Gasteiger partial charge in [-0.1, -0.05) is 0 Å². The maximum atomic E-state index is 12.7. The molecule has 0 radical (unpaired) electrons. The minimum absolute atomic E-state index is 0.238. The van der Waals surface area contributed by atoms with Crippen LogP contribution in [0.15, 0.2) is 18.5 Å². The Morgan fingerprint density at radius 2 is 2.23 bits per heavy atom. The summed E-state index contributed by atoms with van der Waals surface area (Å²) in [6.45, 7) is 0. The molecular formula is C7H4ClF2N3. The van der Waals surface area contributed by atoms with Crippen LogP contribution in [0, 0.1) is 0 Å². The van der Waals surface area contributed by atoms with Crippen molar-refractivity contribution in [1.82, 2.24) is 15.2 Å². The monoisotopic (exact) mass is 203 g/mol. The molecule has 2 rings (SSSR count). The molecular weight excluding hydrogens is 200 g/mol. The molecule has 0 fully saturated rings. The molecule has 3 nitrogen and oxygen atoms in total. The fraction of sp³-hybridized carbons (Fsp3) is 0.143. The van der Waals surface area contributed by atoms with Gasteiger partial charge in [0.15, 0.2) is 0 Å². The van der Waals surface area contributed by atoms with Crippen LogP contribution in [0.2, 0.25) is 0 Å². The van der Waals surface area contributed by atoms with Crippen molar-refractivity contribution in [1.29, 1.82) is 0 Å². The molecule has 6 heteroatoms. The van der Waals surface area contributed by atoms with E-state index in [1.54, 1.807) is 0 Å². The van der Waals surface area contributed by atoms with Crippen molar-refractivity contribution in [2.75, 3.05) is 0 Å². The van der Waals surface area contributed by atoms with Crippen LogP contribution in [0.5, 0.6) is 0 Å². The third-order valence-electron chi connectivity index (χ3n) is 1.64. The number of H-pyrrole nitrogens is 1. The second kappa shape index (κ2) is 2.63. The van der Waals surface area contributed by atoms with Crippen molar-refractivity contribution < 1.29 is 8.78 Å². The molecule has 2 aromatic rings. The Kier molecular flexibility index (Phi) is 1.69. The summed E-state index contributed by atoms with van der Waals surface area (Å²) in [5.74, 6) is 0. The van der Waals surface area contributed by atoms with E-state index in [2.05, 4.69) is 15.2 Å². The molecule has 0 spiro atoms. The first-order valence-corrected chi connectivity index (χ1v) is 3.82. The fourth-order valence-electron chi connectivity index (χ4n) is 1.07. The zero-order chi connectivity index (χ0) is 9.47. The summed E-state index contributed by atoms with van der Waals surface area (Å²) < 4.78 is 25.4. The smallest absolute Gasteiger partial charge is 0.274 e. The standard InChI is InChI=1S/C7H4ClF2N3/c8-7(9,10)6-4-3-11-2-1-5(4)12-13-6/h1-3H,(H,12,13). The van der Waals surface area contributed by atoms with Crippen molar-refractivity contribution in [3.63, 3.8) is 0 Å². The highest BCUT2D eigenvalue weighted by Crippen LogP contribution is 2.34. The van der Waals surface area contributed by atoms with Gasteiger partial charge in [-0.05, 0) is 17.7 Å². The number of rotatable bonds is 1. The van der Waals surface area contributed by atoms with Crippen LogP contribution >= 0.6 is 11.6 Å². The Morgan fingerprint density at radius 1 is 1.46 bits per heavy atom. The van der Waals surface area contributed by atoms with E-state index >= 15 is 0 Å². The Morgan fingerprint density at radius 3 is 2.92 bits per heavy atom. The number of aromatic amines is 1. The highest BCUT2D eigenvalue weighted by molar-refractivity contribution is 6.22. The first-order chi connectivity index (χ1) is 6.09. The van der Waals surface area contributed by atoms with Crippen molar-refractivity contribution in [3.8, 4) is 0 Å². The Balaban J connectivity index is 2.72. The number of fused-ring (bicyclic) bond motifs is 1. The average molecular weight is 204 g/mol. The number of pyridine rings is 1. The largest absolute Gasteiger partial charge is 0.364 e. The summed E-state index contributed by atoms with van der Waals surface area (Å²) in [5.41, 5.74) is 0.00240. The molecule has 0 saturated heterocycles. The molecule has 0 amide bonds. The molecule has 13 heavy (non-hydrogen) atoms. The first-order valence-electron chi connectivity index (χ1n) is 3.44. The predicted octanol–water partition coefficient (Wildman–Crippen LogP) is 2.25. The minimum Gasteiger partial charge on any atom is -0.274 e. The maximum absolute atomic E-state index is 12.7. The lowest BCUT2D eigenvalue weighted by atomic mass is 10.2. The molecule has 2 heterocycles. The van der Waals surface area contributed by atoms with Crippen molar-refractivity contribution >= 4 is 22.5 Å². The second-order valence-electron chi connectivity index (χ2n) is 2.49. The first kappa shape index (κ1) is 8.37. The molecule has 0 aliphatic rings. The Hall–Kier alpha value is -1.23. The summed E-state index contributed by atoms with van der Waals surface area (Å²) in [4.78, 5) is 3.71. The molecule has 0 atom stereocenters. The number of hydrogen-bond donors (Lipinski definition) is 1. The van der Waals surface area contributed by atoms with Gasteiger partial charge in [0.05, 0.1) is 5.52 Å². The quantitative estimate of drug-likeness (QED) is 0.723. The number of nitrogens with one attached hydrogen (secondary N) is 1. The van der Waals surface area contributed by atoms with Gasteiger partial charge in [-0.3, -0.25) is 10.1 Å². The average Bonchev–Trinajstić information content (AvgIpc) is 2.45. The van der Waals surface area contributed by atoms with Gasteiger partial charge in [-0.25, -0.2) is 0 Å². The lowest BCUT2D eigenvalue weighted by Gasteiger charge is -2.03. The van der Waals surface area contributed by atoms with Crippen molar-refractivity contribution in [3.05, 3.63) is 24.2 Å². The molecule has 0 aromatic carbocycles. The van der Waals surface area contributed by atoms with E-state index in [1.807, 2.05) is 0 Å². The highest BCUT2D eigenvalue weighted by Gasteiger charge is 2.32. The Labute approximate surface area is 76.7 Å². The van der Waals surface area contributed by atoms with Crippen LogP contribution in [-0.4, -0.2) is 15.2 Å². The van der Waals surface area contributed by atoms with Gasteiger partial charge >= 0.3 is 5.38 Å². The summed E-state index contributed by atoms with van der Waals surface area (Å²) >= 11 is 4.85. The summed E-state index contributed by atoms with van der Waals surface area (Å²) in [7, 11) is 0. The van der Waals surface area contributed by atoms with E-state index in [9.17, 15) is 8.78 Å². The highest BCUT2D eigenvalue weighted by atomic mass is 35.5. The van der Waals surface area contributed by atoms with Crippen LogP contribution in [0.3, 0.4) is 0 Å². The Bertz CT molecular complexity index is 434. The molecule has 0 aliphatic heterocycles. The maximum Gasteiger partial charge on any atom is 0.364 e. The van der Waals surface area contributed by atoms with Gasteiger partial charge in [-0.15, -0.1) is 0 Å². The zero-order valence-corrected chi connectivity index (χ0v) is 7.02. The third kappa shape index (κ3) is 1.35. The molecule has 0 aliphatic carbocycles. The van der Waals surface area contributed by atoms with E-state index in [-0.39, 0.29) is 5.39 Å². The van der Waals surface area contributed by atoms with Crippen LogP contribution < -0.4 is 0 Å². The van der Waals surface area contributed by atoms with Crippen molar-refractivity contribution in [2.45, 2.75) is 5.38 Å². The zero-order valence-electron chi connectivity index (χ0n) is 6.26. The van der Waals surface area contributed by atoms with E-state index in [1.165, 1.54) is 18.5 Å². The summed E-state index contributed by atoms with van der Waals surface area (Å²) in [6, 6.07) is 1.53. The van der Waals surface area contributed by atoms with E-state index in [0.717, 1.165) is 0 Å².